The number of nitrogens with zero attached hydrogens (tertiary/aromatic N) is 4. The van der Waals surface area contributed by atoms with E-state index in [4.69, 9.17) is 4.74 Å². The summed E-state index contributed by atoms with van der Waals surface area (Å²) in [5.74, 6) is 1.38. The van der Waals surface area contributed by atoms with E-state index in [0.717, 1.165) is 5.56 Å². The molecule has 0 radical (unpaired) electrons. The number of benzene rings is 1. The van der Waals surface area contributed by atoms with Crippen LogP contribution in [0.3, 0.4) is 0 Å². The lowest BCUT2D eigenvalue weighted by atomic mass is 10.2. The van der Waals surface area contributed by atoms with Crippen LogP contribution in [0, 0.1) is 6.92 Å². The number of imidazole rings is 1. The molecule has 0 aliphatic rings. The lowest BCUT2D eigenvalue weighted by Gasteiger charge is -2.08. The number of ether oxygens (including phenoxy) is 1. The number of carbonyl (C=O) groups is 1. The molecule has 0 saturated carbocycles. The number of aromatic nitrogens is 4. The van der Waals surface area contributed by atoms with Gasteiger partial charge in [0.25, 0.3) is 5.91 Å². The van der Waals surface area contributed by atoms with Gasteiger partial charge in [0.2, 0.25) is 0 Å². The van der Waals surface area contributed by atoms with Crippen molar-refractivity contribution in [1.82, 2.24) is 19.5 Å². The Morgan fingerprint density at radius 3 is 2.83 bits per heavy atom. The van der Waals surface area contributed by atoms with E-state index in [2.05, 4.69) is 20.3 Å². The van der Waals surface area contributed by atoms with Gasteiger partial charge in [-0.05, 0) is 19.1 Å². The van der Waals surface area contributed by atoms with Crippen molar-refractivity contribution >= 4 is 11.7 Å². The van der Waals surface area contributed by atoms with Gasteiger partial charge < -0.3 is 10.1 Å². The molecule has 0 fully saturated rings. The predicted molar refractivity (Wildman–Crippen MR) is 84.5 cm³/mol. The van der Waals surface area contributed by atoms with Gasteiger partial charge in [-0.3, -0.25) is 9.36 Å². The molecule has 0 aliphatic carbocycles. The number of anilines is 1. The van der Waals surface area contributed by atoms with Crippen LogP contribution in [0.5, 0.6) is 5.75 Å². The van der Waals surface area contributed by atoms with E-state index in [-0.39, 0.29) is 12.5 Å². The molecule has 1 aromatic carbocycles. The summed E-state index contributed by atoms with van der Waals surface area (Å²) in [5, 5.41) is 2.68. The topological polar surface area (TPSA) is 81.9 Å². The van der Waals surface area contributed by atoms with Crippen LogP contribution in [0.1, 0.15) is 5.56 Å². The third kappa shape index (κ3) is 3.91. The fraction of sp³-hybridized carbons (Fsp3) is 0.125. The quantitative estimate of drug-likeness (QED) is 0.779. The number of nitrogens with one attached hydrogen (secondary N) is 1. The van der Waals surface area contributed by atoms with Gasteiger partial charge in [-0.2, -0.15) is 0 Å². The molecule has 3 rings (SSSR count). The summed E-state index contributed by atoms with van der Waals surface area (Å²) in [5.41, 5.74) is 1.13. The van der Waals surface area contributed by atoms with Crippen LogP contribution in [-0.2, 0) is 4.79 Å². The Labute approximate surface area is 133 Å². The van der Waals surface area contributed by atoms with E-state index in [1.165, 1.54) is 6.33 Å². The first-order valence-electron chi connectivity index (χ1n) is 7.00. The standard InChI is InChI=1S/C16H15N5O2/c1-12-2-4-13(5-3-12)23-9-16(22)20-14-8-15(19-10-18-14)21-7-6-17-11-21/h2-8,10-11H,9H2,1H3,(H,18,19,20,22). The molecular formula is C16H15N5O2. The first-order chi connectivity index (χ1) is 11.2. The van der Waals surface area contributed by atoms with Crippen molar-refractivity contribution in [1.29, 1.82) is 0 Å². The molecule has 0 atom stereocenters. The summed E-state index contributed by atoms with van der Waals surface area (Å²) < 4.78 is 7.15. The second kappa shape index (κ2) is 6.69. The summed E-state index contributed by atoms with van der Waals surface area (Å²) in [6.45, 7) is 1.90. The van der Waals surface area contributed by atoms with Crippen LogP contribution < -0.4 is 10.1 Å². The van der Waals surface area contributed by atoms with Gasteiger partial charge in [-0.15, -0.1) is 0 Å². The minimum absolute atomic E-state index is 0.0898. The minimum Gasteiger partial charge on any atom is -0.484 e. The first kappa shape index (κ1) is 14.7. The SMILES string of the molecule is Cc1ccc(OCC(=O)Nc2cc(-n3ccnc3)ncn2)cc1. The number of aryl methyl sites for hydroxylation is 1. The maximum absolute atomic E-state index is 11.9. The fourth-order valence-corrected chi connectivity index (χ4v) is 1.91. The Kier molecular flexibility index (Phi) is 4.28. The van der Waals surface area contributed by atoms with Crippen LogP contribution in [0.2, 0.25) is 0 Å². The van der Waals surface area contributed by atoms with E-state index in [1.54, 1.807) is 29.4 Å². The number of amides is 1. The molecule has 0 saturated heterocycles. The van der Waals surface area contributed by atoms with Crippen molar-refractivity contribution in [2.75, 3.05) is 11.9 Å². The maximum Gasteiger partial charge on any atom is 0.263 e. The first-order valence-corrected chi connectivity index (χ1v) is 7.00. The van der Waals surface area contributed by atoms with E-state index >= 15 is 0 Å². The Hall–Kier alpha value is -3.22. The highest BCUT2D eigenvalue weighted by atomic mass is 16.5. The predicted octanol–water partition coefficient (Wildman–Crippen LogP) is 1.99. The highest BCUT2D eigenvalue weighted by molar-refractivity contribution is 5.91. The molecule has 0 spiro atoms. The number of hydrogen-bond donors (Lipinski definition) is 1. The third-order valence-electron chi connectivity index (χ3n) is 3.08. The average Bonchev–Trinajstić information content (AvgIpc) is 3.09. The molecule has 2 aromatic heterocycles. The molecule has 7 heteroatoms. The minimum atomic E-state index is -0.291. The Morgan fingerprint density at radius 2 is 2.09 bits per heavy atom. The monoisotopic (exact) mass is 309 g/mol. The van der Waals surface area contributed by atoms with E-state index in [0.29, 0.717) is 17.4 Å². The van der Waals surface area contributed by atoms with E-state index in [9.17, 15) is 4.79 Å². The smallest absolute Gasteiger partial charge is 0.263 e. The van der Waals surface area contributed by atoms with Crippen LogP contribution >= 0.6 is 0 Å². The third-order valence-corrected chi connectivity index (χ3v) is 3.08. The molecule has 0 unspecified atom stereocenters. The molecule has 2 heterocycles. The Bertz CT molecular complexity index is 784. The van der Waals surface area contributed by atoms with Crippen molar-refractivity contribution in [2.45, 2.75) is 6.92 Å². The lowest BCUT2D eigenvalue weighted by Crippen LogP contribution is -2.21. The average molecular weight is 309 g/mol. The van der Waals surface area contributed by atoms with Crippen molar-refractivity contribution in [2.24, 2.45) is 0 Å². The number of rotatable bonds is 5. The highest BCUT2D eigenvalue weighted by Gasteiger charge is 2.06. The van der Waals surface area contributed by atoms with Crippen molar-refractivity contribution < 1.29 is 9.53 Å². The van der Waals surface area contributed by atoms with Crippen LogP contribution in [0.25, 0.3) is 5.82 Å². The van der Waals surface area contributed by atoms with Crippen LogP contribution in [-0.4, -0.2) is 32.0 Å². The van der Waals surface area contributed by atoms with E-state index in [1.807, 2.05) is 31.2 Å². The lowest BCUT2D eigenvalue weighted by molar-refractivity contribution is -0.118. The van der Waals surface area contributed by atoms with Gasteiger partial charge >= 0.3 is 0 Å². The van der Waals surface area contributed by atoms with Crippen LogP contribution in [0.4, 0.5) is 5.82 Å². The molecule has 0 aliphatic heterocycles. The normalized spacial score (nSPS) is 10.3. The summed E-state index contributed by atoms with van der Waals surface area (Å²) in [6.07, 6.45) is 6.41. The zero-order chi connectivity index (χ0) is 16.1. The Morgan fingerprint density at radius 1 is 1.26 bits per heavy atom. The zero-order valence-electron chi connectivity index (χ0n) is 12.5. The van der Waals surface area contributed by atoms with Crippen molar-refractivity contribution in [3.8, 4) is 11.6 Å². The molecule has 1 amide bonds. The summed E-state index contributed by atoms with van der Waals surface area (Å²) in [6, 6.07) is 9.16. The van der Waals surface area contributed by atoms with Crippen molar-refractivity contribution in [3.05, 3.63) is 60.9 Å². The van der Waals surface area contributed by atoms with Gasteiger partial charge in [0, 0.05) is 18.5 Å². The van der Waals surface area contributed by atoms with Gasteiger partial charge in [0.15, 0.2) is 6.61 Å². The van der Waals surface area contributed by atoms with Crippen molar-refractivity contribution in [3.63, 3.8) is 0 Å². The summed E-state index contributed by atoms with van der Waals surface area (Å²) in [4.78, 5) is 24.0. The molecule has 23 heavy (non-hydrogen) atoms. The van der Waals surface area contributed by atoms with Gasteiger partial charge in [0.1, 0.15) is 30.0 Å². The maximum atomic E-state index is 11.9. The number of hydrogen-bond acceptors (Lipinski definition) is 5. The van der Waals surface area contributed by atoms with E-state index < -0.39 is 0 Å². The fourth-order valence-electron chi connectivity index (χ4n) is 1.91. The summed E-state index contributed by atoms with van der Waals surface area (Å²) >= 11 is 0. The molecule has 3 aromatic rings. The highest BCUT2D eigenvalue weighted by Crippen LogP contribution is 2.12. The van der Waals surface area contributed by atoms with Crippen LogP contribution in [0.15, 0.2) is 55.4 Å². The largest absolute Gasteiger partial charge is 0.484 e. The molecule has 0 bridgehead atoms. The zero-order valence-corrected chi connectivity index (χ0v) is 12.5. The molecule has 7 nitrogen and oxygen atoms in total. The number of carbonyl (C=O) groups excluding carboxylic acids is 1. The van der Waals surface area contributed by atoms with Gasteiger partial charge in [0.05, 0.1) is 0 Å². The second-order valence-corrected chi connectivity index (χ2v) is 4.88. The Balaban J connectivity index is 1.59. The summed E-state index contributed by atoms with van der Waals surface area (Å²) in [7, 11) is 0. The van der Waals surface area contributed by atoms with Gasteiger partial charge in [-0.1, -0.05) is 17.7 Å². The second-order valence-electron chi connectivity index (χ2n) is 4.88. The van der Waals surface area contributed by atoms with Gasteiger partial charge in [-0.25, -0.2) is 15.0 Å². The molecule has 116 valence electrons. The molecule has 1 N–H and O–H groups in total. The molecular weight excluding hydrogens is 294 g/mol.